The Labute approximate surface area is 147 Å². The van der Waals surface area contributed by atoms with Gasteiger partial charge >= 0.3 is 0 Å². The second-order valence-electron chi connectivity index (χ2n) is 5.21. The maximum atomic E-state index is 12.6. The highest BCUT2D eigenvalue weighted by molar-refractivity contribution is 8.00. The minimum atomic E-state index is -0.130. The van der Waals surface area contributed by atoms with Crippen LogP contribution in [0.2, 0.25) is 5.02 Å². The summed E-state index contributed by atoms with van der Waals surface area (Å²) in [6.07, 6.45) is 3.85. The lowest BCUT2D eigenvalue weighted by Gasteiger charge is -2.11. The first kappa shape index (κ1) is 16.4. The zero-order valence-electron chi connectivity index (χ0n) is 13.0. The van der Waals surface area contributed by atoms with Crippen molar-refractivity contribution in [3.8, 4) is 0 Å². The lowest BCUT2D eigenvalue weighted by Crippen LogP contribution is -2.28. The maximum absolute atomic E-state index is 12.6. The van der Waals surface area contributed by atoms with Crippen LogP contribution in [-0.4, -0.2) is 21.7 Å². The molecule has 0 fully saturated rings. The second kappa shape index (κ2) is 6.55. The van der Waals surface area contributed by atoms with Gasteiger partial charge in [0, 0.05) is 23.0 Å². The zero-order valence-corrected chi connectivity index (χ0v) is 15.4. The first-order chi connectivity index (χ1) is 11.0. The Hall–Kier alpha value is -1.50. The van der Waals surface area contributed by atoms with Crippen LogP contribution < -0.4 is 5.32 Å². The summed E-state index contributed by atoms with van der Waals surface area (Å²) in [5.74, 6) is -0.117. The molecule has 1 atom stereocenters. The summed E-state index contributed by atoms with van der Waals surface area (Å²) in [4.78, 5) is 17.0. The molecule has 3 rings (SSSR count). The summed E-state index contributed by atoms with van der Waals surface area (Å²) in [6, 6.07) is 7.36. The molecule has 0 spiro atoms. The lowest BCUT2D eigenvalue weighted by molar-refractivity contribution is 0.0932. The molecule has 120 valence electrons. The van der Waals surface area contributed by atoms with Gasteiger partial charge in [0.05, 0.1) is 16.4 Å². The van der Waals surface area contributed by atoms with E-state index in [9.17, 15) is 4.79 Å². The van der Waals surface area contributed by atoms with Crippen molar-refractivity contribution in [2.24, 2.45) is 7.05 Å². The molecule has 2 heterocycles. The molecule has 3 aromatic rings. The number of thiazole rings is 1. The van der Waals surface area contributed by atoms with Crippen molar-refractivity contribution in [2.75, 3.05) is 6.26 Å². The molecule has 1 amide bonds. The normalized spacial score (nSPS) is 12.5. The van der Waals surface area contributed by atoms with Gasteiger partial charge in [-0.1, -0.05) is 17.7 Å². The molecule has 0 bridgehead atoms. The van der Waals surface area contributed by atoms with E-state index in [-0.39, 0.29) is 11.9 Å². The molecule has 1 aromatic carbocycles. The number of fused-ring (bicyclic) bond motifs is 1. The van der Waals surface area contributed by atoms with E-state index >= 15 is 0 Å². The molecule has 1 unspecified atom stereocenters. The standard InChI is InChI=1S/C16H16ClN3OS2/c1-9(16-18-8-14(22-3)23-16)19-15(21)13-6-10-4-5-11(17)7-12(10)20(13)2/h4-9H,1-3H3,(H,19,21). The van der Waals surface area contributed by atoms with Crippen LogP contribution in [0, 0.1) is 0 Å². The number of aromatic nitrogens is 2. The van der Waals surface area contributed by atoms with Gasteiger partial charge in [-0.2, -0.15) is 0 Å². The van der Waals surface area contributed by atoms with Gasteiger partial charge in [0.15, 0.2) is 0 Å². The van der Waals surface area contributed by atoms with Gasteiger partial charge in [-0.3, -0.25) is 4.79 Å². The summed E-state index contributed by atoms with van der Waals surface area (Å²) >= 11 is 9.30. The van der Waals surface area contributed by atoms with E-state index in [0.717, 1.165) is 20.1 Å². The summed E-state index contributed by atoms with van der Waals surface area (Å²) in [5, 5.41) is 5.57. The Morgan fingerprint density at radius 3 is 2.91 bits per heavy atom. The minimum Gasteiger partial charge on any atom is -0.342 e. The summed E-state index contributed by atoms with van der Waals surface area (Å²) in [5.41, 5.74) is 1.55. The van der Waals surface area contributed by atoms with Gasteiger partial charge in [0.25, 0.3) is 5.91 Å². The van der Waals surface area contributed by atoms with Gasteiger partial charge in [-0.05, 0) is 31.4 Å². The van der Waals surface area contributed by atoms with Crippen molar-refractivity contribution < 1.29 is 4.79 Å². The molecule has 0 aliphatic heterocycles. The molecule has 1 N–H and O–H groups in total. The quantitative estimate of drug-likeness (QED) is 0.692. The third kappa shape index (κ3) is 3.24. The molecule has 2 aromatic heterocycles. The Bertz CT molecular complexity index is 871. The highest BCUT2D eigenvalue weighted by atomic mass is 35.5. The molecule has 0 saturated carbocycles. The molecule has 4 nitrogen and oxygen atoms in total. The van der Waals surface area contributed by atoms with Gasteiger partial charge in [0.2, 0.25) is 0 Å². The smallest absolute Gasteiger partial charge is 0.268 e. The van der Waals surface area contributed by atoms with E-state index in [2.05, 4.69) is 10.3 Å². The molecule has 23 heavy (non-hydrogen) atoms. The lowest BCUT2D eigenvalue weighted by atomic mass is 10.2. The number of thioether (sulfide) groups is 1. The molecule has 0 aliphatic carbocycles. The van der Waals surface area contributed by atoms with Crippen LogP contribution in [0.3, 0.4) is 0 Å². The number of aryl methyl sites for hydroxylation is 1. The number of carbonyl (C=O) groups is 1. The molecule has 7 heteroatoms. The first-order valence-corrected chi connectivity index (χ1v) is 9.47. The van der Waals surface area contributed by atoms with Gasteiger partial charge in [-0.15, -0.1) is 23.1 Å². The predicted molar refractivity (Wildman–Crippen MR) is 97.7 cm³/mol. The molecule has 0 aliphatic rings. The fourth-order valence-electron chi connectivity index (χ4n) is 2.42. The largest absolute Gasteiger partial charge is 0.342 e. The molecular weight excluding hydrogens is 350 g/mol. The van der Waals surface area contributed by atoms with Crippen LogP contribution in [0.4, 0.5) is 0 Å². The minimum absolute atomic E-state index is 0.117. The van der Waals surface area contributed by atoms with E-state index in [4.69, 9.17) is 11.6 Å². The van der Waals surface area contributed by atoms with E-state index in [0.29, 0.717) is 10.7 Å². The van der Waals surface area contributed by atoms with Crippen molar-refractivity contribution in [3.05, 3.63) is 46.2 Å². The highest BCUT2D eigenvalue weighted by Crippen LogP contribution is 2.27. The fourth-order valence-corrected chi connectivity index (χ4v) is 3.99. The van der Waals surface area contributed by atoms with E-state index in [1.54, 1.807) is 23.1 Å². The van der Waals surface area contributed by atoms with Crippen molar-refractivity contribution in [3.63, 3.8) is 0 Å². The Balaban J connectivity index is 1.84. The first-order valence-electron chi connectivity index (χ1n) is 7.05. The Morgan fingerprint density at radius 1 is 1.43 bits per heavy atom. The monoisotopic (exact) mass is 365 g/mol. The topological polar surface area (TPSA) is 46.9 Å². The van der Waals surface area contributed by atoms with Crippen LogP contribution >= 0.6 is 34.7 Å². The van der Waals surface area contributed by atoms with E-state index in [1.807, 2.05) is 55.3 Å². The number of benzene rings is 1. The predicted octanol–water partition coefficient (Wildman–Crippen LogP) is 4.50. The number of carbonyl (C=O) groups excluding carboxylic acids is 1. The zero-order chi connectivity index (χ0) is 16.6. The summed E-state index contributed by atoms with van der Waals surface area (Å²) in [7, 11) is 1.87. The van der Waals surface area contributed by atoms with Crippen molar-refractivity contribution in [1.82, 2.24) is 14.9 Å². The molecule has 0 saturated heterocycles. The van der Waals surface area contributed by atoms with Crippen LogP contribution in [0.5, 0.6) is 0 Å². The van der Waals surface area contributed by atoms with Crippen LogP contribution in [0.25, 0.3) is 10.9 Å². The van der Waals surface area contributed by atoms with Crippen molar-refractivity contribution in [2.45, 2.75) is 17.2 Å². The second-order valence-corrected chi connectivity index (χ2v) is 7.81. The van der Waals surface area contributed by atoms with Crippen LogP contribution in [0.15, 0.2) is 34.7 Å². The number of hydrogen-bond acceptors (Lipinski definition) is 4. The summed E-state index contributed by atoms with van der Waals surface area (Å²) < 4.78 is 3.00. The number of hydrogen-bond donors (Lipinski definition) is 1. The van der Waals surface area contributed by atoms with Gasteiger partial charge in [0.1, 0.15) is 10.7 Å². The van der Waals surface area contributed by atoms with E-state index < -0.39 is 0 Å². The van der Waals surface area contributed by atoms with Crippen molar-refractivity contribution >= 4 is 51.5 Å². The third-order valence-electron chi connectivity index (χ3n) is 3.66. The number of amides is 1. The maximum Gasteiger partial charge on any atom is 0.268 e. The number of nitrogens with one attached hydrogen (secondary N) is 1. The Morgan fingerprint density at radius 2 is 2.22 bits per heavy atom. The average molecular weight is 366 g/mol. The van der Waals surface area contributed by atoms with Crippen molar-refractivity contribution in [1.29, 1.82) is 0 Å². The van der Waals surface area contributed by atoms with Gasteiger partial charge in [-0.25, -0.2) is 4.98 Å². The van der Waals surface area contributed by atoms with E-state index in [1.165, 1.54) is 0 Å². The number of nitrogens with zero attached hydrogens (tertiary/aromatic N) is 2. The number of halogens is 1. The molecule has 0 radical (unpaired) electrons. The van der Waals surface area contributed by atoms with Crippen LogP contribution in [-0.2, 0) is 7.05 Å². The number of rotatable bonds is 4. The molecular formula is C16H16ClN3OS2. The average Bonchev–Trinajstić information content (AvgIpc) is 3.13. The Kier molecular flexibility index (Phi) is 4.66. The van der Waals surface area contributed by atoms with Gasteiger partial charge < -0.3 is 9.88 Å². The summed E-state index contributed by atoms with van der Waals surface area (Å²) in [6.45, 7) is 1.94. The third-order valence-corrected chi connectivity index (χ3v) is 6.13. The SMILES string of the molecule is CSc1cnc(C(C)NC(=O)c2cc3ccc(Cl)cc3n2C)s1. The van der Waals surface area contributed by atoms with Crippen LogP contribution in [0.1, 0.15) is 28.5 Å². The fraction of sp³-hybridized carbons (Fsp3) is 0.250. The highest BCUT2D eigenvalue weighted by Gasteiger charge is 2.18.